The zero-order valence-electron chi connectivity index (χ0n) is 11.0. The Hall–Kier alpha value is -0.650. The van der Waals surface area contributed by atoms with E-state index in [-0.39, 0.29) is 5.38 Å². The number of hydrogen-bond donors (Lipinski definition) is 0. The van der Waals surface area contributed by atoms with E-state index in [9.17, 15) is 0 Å². The molecule has 2 aromatic carbocycles. The maximum atomic E-state index is 6.57. The molecule has 0 amide bonds. The van der Waals surface area contributed by atoms with Crippen LogP contribution in [-0.4, -0.2) is 14.2 Å². The summed E-state index contributed by atoms with van der Waals surface area (Å²) in [5.41, 5.74) is 1.82. The molecule has 0 bridgehead atoms. The van der Waals surface area contributed by atoms with Crippen molar-refractivity contribution in [2.75, 3.05) is 14.2 Å². The lowest BCUT2D eigenvalue weighted by Crippen LogP contribution is -2.00. The lowest BCUT2D eigenvalue weighted by molar-refractivity contribution is 0.392. The largest absolute Gasteiger partial charge is 0.495 e. The molecule has 0 aliphatic carbocycles. The van der Waals surface area contributed by atoms with Crippen LogP contribution in [0.15, 0.2) is 36.4 Å². The standard InChI is InChI=1S/C15H13Cl2IO2/c1-19-12-7-6-11(15(20-2)14(12)17)13(16)9-4-3-5-10(18)8-9/h3-8,13H,1-2H3. The number of methoxy groups -OCH3 is 2. The van der Waals surface area contributed by atoms with Crippen molar-refractivity contribution in [2.24, 2.45) is 0 Å². The predicted molar refractivity (Wildman–Crippen MR) is 91.4 cm³/mol. The molecule has 0 heterocycles. The Morgan fingerprint density at radius 3 is 2.45 bits per heavy atom. The fourth-order valence-electron chi connectivity index (χ4n) is 1.96. The molecule has 0 radical (unpaired) electrons. The van der Waals surface area contributed by atoms with Crippen molar-refractivity contribution in [3.05, 3.63) is 56.1 Å². The predicted octanol–water partition coefficient (Wildman–Crippen LogP) is 5.29. The number of ether oxygens (including phenoxy) is 2. The summed E-state index contributed by atoms with van der Waals surface area (Å²) in [4.78, 5) is 0. The van der Waals surface area contributed by atoms with Crippen LogP contribution in [0.4, 0.5) is 0 Å². The zero-order valence-corrected chi connectivity index (χ0v) is 14.7. The summed E-state index contributed by atoms with van der Waals surface area (Å²) in [5, 5.41) is 0.104. The quantitative estimate of drug-likeness (QED) is 0.492. The van der Waals surface area contributed by atoms with Gasteiger partial charge in [0, 0.05) is 9.13 Å². The van der Waals surface area contributed by atoms with Gasteiger partial charge in [0.2, 0.25) is 0 Å². The number of hydrogen-bond acceptors (Lipinski definition) is 2. The fraction of sp³-hybridized carbons (Fsp3) is 0.200. The van der Waals surface area contributed by atoms with Gasteiger partial charge in [0.25, 0.3) is 0 Å². The molecule has 0 fully saturated rings. The highest BCUT2D eigenvalue weighted by Gasteiger charge is 2.20. The molecule has 0 aliphatic heterocycles. The van der Waals surface area contributed by atoms with Gasteiger partial charge >= 0.3 is 0 Å². The van der Waals surface area contributed by atoms with Crippen LogP contribution < -0.4 is 9.47 Å². The fourth-order valence-corrected chi connectivity index (χ4v) is 3.16. The van der Waals surface area contributed by atoms with Crippen LogP contribution in [0.25, 0.3) is 0 Å². The minimum atomic E-state index is -0.330. The van der Waals surface area contributed by atoms with Gasteiger partial charge < -0.3 is 9.47 Å². The van der Waals surface area contributed by atoms with Gasteiger partial charge in [0.15, 0.2) is 0 Å². The van der Waals surface area contributed by atoms with Crippen LogP contribution in [0.5, 0.6) is 11.5 Å². The smallest absolute Gasteiger partial charge is 0.146 e. The maximum absolute atomic E-state index is 6.57. The first kappa shape index (κ1) is 15.7. The van der Waals surface area contributed by atoms with Crippen LogP contribution in [0.1, 0.15) is 16.5 Å². The van der Waals surface area contributed by atoms with E-state index >= 15 is 0 Å². The van der Waals surface area contributed by atoms with Crippen LogP contribution in [0, 0.1) is 3.57 Å². The molecular formula is C15H13Cl2IO2. The average molecular weight is 423 g/mol. The van der Waals surface area contributed by atoms with Gasteiger partial charge in [0.1, 0.15) is 16.5 Å². The summed E-state index contributed by atoms with van der Waals surface area (Å²) in [5.74, 6) is 1.11. The van der Waals surface area contributed by atoms with E-state index in [4.69, 9.17) is 32.7 Å². The third-order valence-electron chi connectivity index (χ3n) is 2.93. The van der Waals surface area contributed by atoms with Gasteiger partial charge in [-0.25, -0.2) is 0 Å². The van der Waals surface area contributed by atoms with Crippen LogP contribution in [0.2, 0.25) is 5.02 Å². The number of alkyl halides is 1. The first-order valence-electron chi connectivity index (χ1n) is 5.88. The SMILES string of the molecule is COc1ccc(C(Cl)c2cccc(I)c2)c(OC)c1Cl. The van der Waals surface area contributed by atoms with E-state index in [1.807, 2.05) is 30.3 Å². The van der Waals surface area contributed by atoms with Crippen molar-refractivity contribution >= 4 is 45.8 Å². The van der Waals surface area contributed by atoms with Crippen molar-refractivity contribution in [3.8, 4) is 11.5 Å². The number of rotatable bonds is 4. The molecule has 0 aliphatic rings. The molecule has 20 heavy (non-hydrogen) atoms. The Morgan fingerprint density at radius 2 is 1.85 bits per heavy atom. The highest BCUT2D eigenvalue weighted by atomic mass is 127. The van der Waals surface area contributed by atoms with Crippen molar-refractivity contribution in [3.63, 3.8) is 0 Å². The Bertz CT molecular complexity index is 617. The lowest BCUT2D eigenvalue weighted by Gasteiger charge is -2.17. The van der Waals surface area contributed by atoms with E-state index in [0.717, 1.165) is 14.7 Å². The summed E-state index contributed by atoms with van der Waals surface area (Å²) >= 11 is 15.1. The van der Waals surface area contributed by atoms with E-state index in [0.29, 0.717) is 16.5 Å². The van der Waals surface area contributed by atoms with Crippen molar-refractivity contribution < 1.29 is 9.47 Å². The molecule has 2 nitrogen and oxygen atoms in total. The summed E-state index contributed by atoms with van der Waals surface area (Å²) < 4.78 is 11.7. The summed E-state index contributed by atoms with van der Waals surface area (Å²) in [7, 11) is 3.14. The van der Waals surface area contributed by atoms with Gasteiger partial charge in [-0.3, -0.25) is 0 Å². The Labute approximate surface area is 142 Å². The van der Waals surface area contributed by atoms with Gasteiger partial charge in [-0.2, -0.15) is 0 Å². The molecule has 2 aromatic rings. The molecule has 106 valence electrons. The van der Waals surface area contributed by atoms with E-state index in [2.05, 4.69) is 22.6 Å². The summed E-state index contributed by atoms with van der Waals surface area (Å²) in [6.07, 6.45) is 0. The molecular weight excluding hydrogens is 410 g/mol. The van der Waals surface area contributed by atoms with Gasteiger partial charge in [-0.1, -0.05) is 23.7 Å². The molecule has 0 aromatic heterocycles. The maximum Gasteiger partial charge on any atom is 0.146 e. The highest BCUT2D eigenvalue weighted by Crippen LogP contribution is 2.43. The third kappa shape index (κ3) is 3.15. The first-order chi connectivity index (χ1) is 9.58. The summed E-state index contributed by atoms with van der Waals surface area (Å²) in [6.45, 7) is 0. The minimum absolute atomic E-state index is 0.330. The van der Waals surface area contributed by atoms with Crippen LogP contribution in [0.3, 0.4) is 0 Å². The van der Waals surface area contributed by atoms with Crippen molar-refractivity contribution in [2.45, 2.75) is 5.38 Å². The molecule has 0 spiro atoms. The van der Waals surface area contributed by atoms with Gasteiger partial charge in [-0.15, -0.1) is 11.6 Å². The monoisotopic (exact) mass is 422 g/mol. The molecule has 2 rings (SSSR count). The van der Waals surface area contributed by atoms with Crippen LogP contribution in [-0.2, 0) is 0 Å². The highest BCUT2D eigenvalue weighted by molar-refractivity contribution is 14.1. The molecule has 1 unspecified atom stereocenters. The average Bonchev–Trinajstić information content (AvgIpc) is 2.46. The van der Waals surface area contributed by atoms with Crippen molar-refractivity contribution in [1.82, 2.24) is 0 Å². The molecule has 5 heteroatoms. The second-order valence-corrected chi connectivity index (χ2v) is 6.18. The normalized spacial score (nSPS) is 12.1. The second kappa shape index (κ2) is 6.87. The molecule has 0 saturated heterocycles. The van der Waals surface area contributed by atoms with Gasteiger partial charge in [0.05, 0.1) is 19.6 Å². The number of benzene rings is 2. The minimum Gasteiger partial charge on any atom is -0.495 e. The first-order valence-corrected chi connectivity index (χ1v) is 7.77. The Kier molecular flexibility index (Phi) is 5.41. The molecule has 0 saturated carbocycles. The summed E-state index contributed by atoms with van der Waals surface area (Å²) in [6, 6.07) is 11.7. The molecule has 1 atom stereocenters. The second-order valence-electron chi connectivity index (χ2n) is 4.12. The van der Waals surface area contributed by atoms with E-state index in [1.54, 1.807) is 20.3 Å². The zero-order chi connectivity index (χ0) is 14.7. The topological polar surface area (TPSA) is 18.5 Å². The van der Waals surface area contributed by atoms with Crippen molar-refractivity contribution in [1.29, 1.82) is 0 Å². The Balaban J connectivity index is 2.49. The number of halogens is 3. The third-order valence-corrected chi connectivity index (χ3v) is 4.45. The lowest BCUT2D eigenvalue weighted by atomic mass is 10.0. The van der Waals surface area contributed by atoms with E-state index in [1.165, 1.54) is 0 Å². The van der Waals surface area contributed by atoms with Crippen LogP contribution >= 0.6 is 45.8 Å². The Morgan fingerprint density at radius 1 is 1.10 bits per heavy atom. The molecule has 0 N–H and O–H groups in total. The van der Waals surface area contributed by atoms with Gasteiger partial charge in [-0.05, 0) is 52.4 Å². The van der Waals surface area contributed by atoms with E-state index < -0.39 is 0 Å².